The normalized spacial score (nSPS) is 14.5. The van der Waals surface area contributed by atoms with Gasteiger partial charge in [0.25, 0.3) is 5.56 Å². The highest BCUT2D eigenvalue weighted by Crippen LogP contribution is 2.45. The summed E-state index contributed by atoms with van der Waals surface area (Å²) in [5, 5.41) is 4.20. The Labute approximate surface area is 218 Å². The van der Waals surface area contributed by atoms with Gasteiger partial charge in [-0.15, -0.1) is 0 Å². The Morgan fingerprint density at radius 2 is 1.61 bits per heavy atom. The summed E-state index contributed by atoms with van der Waals surface area (Å²) in [6.45, 7) is 2.04. The van der Waals surface area contributed by atoms with Gasteiger partial charge < -0.3 is 14.5 Å². The van der Waals surface area contributed by atoms with Gasteiger partial charge in [0, 0.05) is 21.1 Å². The molecule has 0 aliphatic carbocycles. The first kappa shape index (κ1) is 22.4. The Morgan fingerprint density at radius 1 is 0.842 bits per heavy atom. The average molecular weight is 503 g/mol. The summed E-state index contributed by atoms with van der Waals surface area (Å²) in [5.74, 6) is 0.797. The van der Waals surface area contributed by atoms with Gasteiger partial charge in [0.1, 0.15) is 11.9 Å². The third kappa shape index (κ3) is 2.88. The third-order valence-electron chi connectivity index (χ3n) is 7.70. The molecule has 7 rings (SSSR count). The van der Waals surface area contributed by atoms with E-state index < -0.39 is 6.04 Å². The molecule has 1 aliphatic heterocycles. The lowest BCUT2D eigenvalue weighted by Crippen LogP contribution is -2.37. The predicted octanol–water partition coefficient (Wildman–Crippen LogP) is 4.40. The molecule has 1 aliphatic rings. The fraction of sp³-hybridized carbons (Fsp3) is 0.167. The van der Waals surface area contributed by atoms with Crippen molar-refractivity contribution in [3.05, 3.63) is 111 Å². The summed E-state index contributed by atoms with van der Waals surface area (Å²) in [7, 11) is 5.27. The lowest BCUT2D eigenvalue weighted by Gasteiger charge is -2.30. The molecule has 8 heteroatoms. The molecule has 1 N–H and O–H groups in total. The van der Waals surface area contributed by atoms with Crippen LogP contribution < -0.4 is 16.6 Å². The van der Waals surface area contributed by atoms with Crippen molar-refractivity contribution in [2.24, 2.45) is 21.1 Å². The largest absolute Gasteiger partial charge is 0.369 e. The summed E-state index contributed by atoms with van der Waals surface area (Å²) in [6.07, 6.45) is 0. The molecule has 3 aromatic heterocycles. The summed E-state index contributed by atoms with van der Waals surface area (Å²) in [5.41, 5.74) is 7.24. The maximum atomic E-state index is 13.9. The van der Waals surface area contributed by atoms with Gasteiger partial charge in [-0.1, -0.05) is 48.0 Å². The minimum absolute atomic E-state index is 0.317. The van der Waals surface area contributed by atoms with Crippen LogP contribution in [-0.2, 0) is 21.1 Å². The topological polar surface area (TPSA) is 78.8 Å². The molecule has 6 aromatic rings. The SMILES string of the molecule is Cc1cccc(-c2c3c(=O)n(C)c(=O)n(C)c3c3n2-c2ccccc2N[C@H]3c2nc3ccccc3n2C)c1. The third-order valence-corrected chi connectivity index (χ3v) is 7.70. The molecule has 1 atom stereocenters. The van der Waals surface area contributed by atoms with Crippen molar-refractivity contribution in [2.75, 3.05) is 5.32 Å². The molecule has 0 bridgehead atoms. The van der Waals surface area contributed by atoms with E-state index in [2.05, 4.69) is 20.5 Å². The minimum Gasteiger partial charge on any atom is -0.369 e. The molecule has 0 saturated carbocycles. The quantitative estimate of drug-likeness (QED) is 0.381. The first-order valence-corrected chi connectivity index (χ1v) is 12.6. The van der Waals surface area contributed by atoms with E-state index in [4.69, 9.17) is 4.98 Å². The molecule has 8 nitrogen and oxygen atoms in total. The smallest absolute Gasteiger partial charge is 0.331 e. The van der Waals surface area contributed by atoms with Crippen LogP contribution in [0.15, 0.2) is 82.4 Å². The average Bonchev–Trinajstić information content (AvgIpc) is 3.46. The summed E-state index contributed by atoms with van der Waals surface area (Å²) in [4.78, 5) is 32.1. The standard InChI is InChI=1S/C30H26N6O2/c1-17-10-9-11-18(16-17)25-23-26(34(3)30(38)35(4)29(23)37)27-24(31-20-13-6-8-15-22(20)36(25)27)28-32-19-12-5-7-14-21(19)33(28)2/h5-16,24,31H,1-4H3/t24-/m1/s1. The number of aromatic nitrogens is 5. The maximum Gasteiger partial charge on any atom is 0.331 e. The van der Waals surface area contributed by atoms with E-state index in [1.165, 1.54) is 11.6 Å². The van der Waals surface area contributed by atoms with E-state index in [0.717, 1.165) is 50.7 Å². The molecule has 0 fully saturated rings. The maximum absolute atomic E-state index is 13.9. The number of rotatable bonds is 2. The molecule has 3 aromatic carbocycles. The number of aryl methyl sites for hydroxylation is 3. The van der Waals surface area contributed by atoms with Crippen molar-refractivity contribution in [3.8, 4) is 16.9 Å². The Balaban J connectivity index is 1.71. The first-order chi connectivity index (χ1) is 18.4. The Hall–Kier alpha value is -4.85. The van der Waals surface area contributed by atoms with E-state index >= 15 is 0 Å². The molecule has 188 valence electrons. The van der Waals surface area contributed by atoms with Crippen molar-refractivity contribution in [1.82, 2.24) is 23.3 Å². The van der Waals surface area contributed by atoms with Crippen LogP contribution in [0.4, 0.5) is 5.69 Å². The summed E-state index contributed by atoms with van der Waals surface area (Å²) >= 11 is 0. The zero-order valence-electron chi connectivity index (χ0n) is 21.6. The number of para-hydroxylation sites is 4. The van der Waals surface area contributed by atoms with Gasteiger partial charge in [0.2, 0.25) is 0 Å². The molecule has 0 radical (unpaired) electrons. The number of anilines is 1. The lowest BCUT2D eigenvalue weighted by molar-refractivity contribution is 0.694. The van der Waals surface area contributed by atoms with Crippen molar-refractivity contribution in [1.29, 1.82) is 0 Å². The van der Waals surface area contributed by atoms with Crippen LogP contribution in [0.5, 0.6) is 0 Å². The van der Waals surface area contributed by atoms with Crippen molar-refractivity contribution in [3.63, 3.8) is 0 Å². The second-order valence-corrected chi connectivity index (χ2v) is 9.98. The van der Waals surface area contributed by atoms with Gasteiger partial charge in [-0.2, -0.15) is 0 Å². The second kappa shape index (κ2) is 7.82. The number of hydrogen-bond donors (Lipinski definition) is 1. The highest BCUT2D eigenvalue weighted by molar-refractivity contribution is 5.99. The molecule has 0 unspecified atom stereocenters. The van der Waals surface area contributed by atoms with Crippen molar-refractivity contribution < 1.29 is 0 Å². The molecular weight excluding hydrogens is 476 g/mol. The van der Waals surface area contributed by atoms with Gasteiger partial charge in [-0.05, 0) is 42.8 Å². The Kier molecular flexibility index (Phi) is 4.60. The molecule has 0 saturated heterocycles. The fourth-order valence-corrected chi connectivity index (χ4v) is 5.90. The van der Waals surface area contributed by atoms with Crippen LogP contribution in [-0.4, -0.2) is 23.3 Å². The van der Waals surface area contributed by atoms with Gasteiger partial charge in [0.15, 0.2) is 0 Å². The number of nitrogens with one attached hydrogen (secondary N) is 1. The lowest BCUT2D eigenvalue weighted by atomic mass is 10.1. The summed E-state index contributed by atoms with van der Waals surface area (Å²) < 4.78 is 7.01. The fourth-order valence-electron chi connectivity index (χ4n) is 5.90. The van der Waals surface area contributed by atoms with Crippen LogP contribution in [0.1, 0.15) is 23.1 Å². The van der Waals surface area contributed by atoms with Crippen LogP contribution >= 0.6 is 0 Å². The minimum atomic E-state index is -0.416. The van der Waals surface area contributed by atoms with E-state index in [9.17, 15) is 9.59 Å². The Bertz CT molecular complexity index is 2060. The number of benzene rings is 3. The number of fused-ring (bicyclic) bond motifs is 6. The van der Waals surface area contributed by atoms with Crippen LogP contribution in [0.2, 0.25) is 0 Å². The predicted molar refractivity (Wildman–Crippen MR) is 150 cm³/mol. The van der Waals surface area contributed by atoms with E-state index in [1.807, 2.05) is 80.7 Å². The number of nitrogens with zero attached hydrogens (tertiary/aromatic N) is 5. The van der Waals surface area contributed by atoms with Crippen LogP contribution in [0.25, 0.3) is 38.9 Å². The molecule has 38 heavy (non-hydrogen) atoms. The number of hydrogen-bond acceptors (Lipinski definition) is 4. The highest BCUT2D eigenvalue weighted by Gasteiger charge is 2.36. The zero-order valence-corrected chi connectivity index (χ0v) is 21.6. The molecule has 0 spiro atoms. The molecule has 4 heterocycles. The monoisotopic (exact) mass is 502 g/mol. The summed E-state index contributed by atoms with van der Waals surface area (Å²) in [6, 6.07) is 23.8. The van der Waals surface area contributed by atoms with Crippen molar-refractivity contribution >= 4 is 27.6 Å². The van der Waals surface area contributed by atoms with Gasteiger partial charge in [0.05, 0.1) is 44.7 Å². The van der Waals surface area contributed by atoms with Gasteiger partial charge in [-0.25, -0.2) is 9.78 Å². The van der Waals surface area contributed by atoms with Crippen LogP contribution in [0.3, 0.4) is 0 Å². The molecular formula is C30H26N6O2. The van der Waals surface area contributed by atoms with E-state index in [0.29, 0.717) is 10.9 Å². The molecule has 0 amide bonds. The van der Waals surface area contributed by atoms with Crippen LogP contribution in [0, 0.1) is 6.92 Å². The second-order valence-electron chi connectivity index (χ2n) is 9.98. The van der Waals surface area contributed by atoms with E-state index in [1.54, 1.807) is 11.6 Å². The Morgan fingerprint density at radius 3 is 2.39 bits per heavy atom. The number of imidazole rings is 1. The van der Waals surface area contributed by atoms with Crippen molar-refractivity contribution in [2.45, 2.75) is 13.0 Å². The highest BCUT2D eigenvalue weighted by atomic mass is 16.2. The van der Waals surface area contributed by atoms with Gasteiger partial charge in [-0.3, -0.25) is 13.9 Å². The van der Waals surface area contributed by atoms with E-state index in [-0.39, 0.29) is 11.2 Å². The first-order valence-electron chi connectivity index (χ1n) is 12.6. The zero-order chi connectivity index (χ0) is 26.3. The van der Waals surface area contributed by atoms with Gasteiger partial charge >= 0.3 is 5.69 Å².